The highest BCUT2D eigenvalue weighted by Gasteiger charge is 2.19. The van der Waals surface area contributed by atoms with Gasteiger partial charge in [-0.05, 0) is 25.7 Å². The van der Waals surface area contributed by atoms with Crippen molar-refractivity contribution in [3.05, 3.63) is 17.0 Å². The van der Waals surface area contributed by atoms with E-state index in [2.05, 4.69) is 22.2 Å². The molecule has 0 saturated heterocycles. The molecule has 1 heterocycles. The van der Waals surface area contributed by atoms with Crippen molar-refractivity contribution in [2.24, 2.45) is 5.92 Å². The zero-order chi connectivity index (χ0) is 13.7. The van der Waals surface area contributed by atoms with E-state index in [0.717, 1.165) is 11.7 Å². The Hall–Kier alpha value is -0.870. The largest absolute Gasteiger partial charge is 0.374 e. The molecule has 5 heteroatoms. The van der Waals surface area contributed by atoms with Gasteiger partial charge in [0.05, 0.1) is 0 Å². The van der Waals surface area contributed by atoms with E-state index in [1.807, 2.05) is 6.92 Å². The van der Waals surface area contributed by atoms with E-state index >= 15 is 0 Å². The molecule has 2 atom stereocenters. The molecule has 0 aromatic carbocycles. The number of halogens is 1. The maximum Gasteiger partial charge on any atom is 0.158 e. The van der Waals surface area contributed by atoms with Crippen molar-refractivity contribution in [2.75, 3.05) is 11.9 Å². The van der Waals surface area contributed by atoms with Gasteiger partial charge in [0.2, 0.25) is 0 Å². The topological polar surface area (TPSA) is 47.0 Å². The molecule has 1 N–H and O–H groups in total. The summed E-state index contributed by atoms with van der Waals surface area (Å²) in [5.41, 5.74) is 0. The summed E-state index contributed by atoms with van der Waals surface area (Å²) in [6, 6.07) is 2.28. The Labute approximate surface area is 119 Å². The summed E-state index contributed by atoms with van der Waals surface area (Å²) >= 11 is 6.03. The van der Waals surface area contributed by atoms with Crippen LogP contribution in [0.2, 0.25) is 5.15 Å². The SMILES string of the molecule is CCOCc1nc(Cl)cc(NC2CCCC(C)C2)n1. The van der Waals surface area contributed by atoms with Crippen molar-refractivity contribution in [1.82, 2.24) is 9.97 Å². The summed E-state index contributed by atoms with van der Waals surface area (Å²) in [6.07, 6.45) is 5.01. The molecule has 2 rings (SSSR count). The lowest BCUT2D eigenvalue weighted by atomic mass is 9.87. The lowest BCUT2D eigenvalue weighted by Crippen LogP contribution is -2.26. The molecule has 1 saturated carbocycles. The number of aromatic nitrogens is 2. The maximum absolute atomic E-state index is 6.03. The monoisotopic (exact) mass is 283 g/mol. The fourth-order valence-corrected chi connectivity index (χ4v) is 2.77. The number of anilines is 1. The van der Waals surface area contributed by atoms with Gasteiger partial charge in [-0.1, -0.05) is 31.4 Å². The van der Waals surface area contributed by atoms with Gasteiger partial charge in [-0.25, -0.2) is 9.97 Å². The van der Waals surface area contributed by atoms with Crippen LogP contribution in [0.25, 0.3) is 0 Å². The van der Waals surface area contributed by atoms with E-state index in [-0.39, 0.29) is 0 Å². The van der Waals surface area contributed by atoms with Crippen LogP contribution in [0.3, 0.4) is 0 Å². The first kappa shape index (κ1) is 14.5. The number of hydrogen-bond acceptors (Lipinski definition) is 4. The molecular weight excluding hydrogens is 262 g/mol. The normalized spacial score (nSPS) is 23.3. The Morgan fingerprint density at radius 3 is 3.00 bits per heavy atom. The number of nitrogens with zero attached hydrogens (tertiary/aromatic N) is 2. The van der Waals surface area contributed by atoms with Gasteiger partial charge in [0.1, 0.15) is 17.6 Å². The average molecular weight is 284 g/mol. The predicted octanol–water partition coefficient (Wildman–Crippen LogP) is 3.66. The highest BCUT2D eigenvalue weighted by Crippen LogP contribution is 2.26. The molecule has 0 bridgehead atoms. The Morgan fingerprint density at radius 1 is 1.42 bits per heavy atom. The smallest absolute Gasteiger partial charge is 0.158 e. The molecule has 0 radical (unpaired) electrons. The second kappa shape index (κ2) is 7.06. The van der Waals surface area contributed by atoms with Gasteiger partial charge in [0, 0.05) is 18.7 Å². The lowest BCUT2D eigenvalue weighted by molar-refractivity contribution is 0.128. The molecule has 0 spiro atoms. The first-order valence-corrected chi connectivity index (χ1v) is 7.43. The molecule has 1 aliphatic rings. The third kappa shape index (κ3) is 4.62. The van der Waals surface area contributed by atoms with Crippen LogP contribution in [0.15, 0.2) is 6.07 Å². The summed E-state index contributed by atoms with van der Waals surface area (Å²) in [4.78, 5) is 8.63. The number of ether oxygens (including phenoxy) is 1. The Kier molecular flexibility index (Phi) is 5.40. The number of rotatable bonds is 5. The van der Waals surface area contributed by atoms with E-state index in [9.17, 15) is 0 Å². The van der Waals surface area contributed by atoms with Crippen molar-refractivity contribution in [1.29, 1.82) is 0 Å². The van der Waals surface area contributed by atoms with Crippen LogP contribution in [-0.2, 0) is 11.3 Å². The van der Waals surface area contributed by atoms with E-state index in [1.54, 1.807) is 6.07 Å². The minimum Gasteiger partial charge on any atom is -0.374 e. The van der Waals surface area contributed by atoms with Crippen LogP contribution in [0.1, 0.15) is 45.4 Å². The van der Waals surface area contributed by atoms with E-state index in [1.165, 1.54) is 25.7 Å². The fourth-order valence-electron chi connectivity index (χ4n) is 2.57. The van der Waals surface area contributed by atoms with Crippen LogP contribution in [0.5, 0.6) is 0 Å². The summed E-state index contributed by atoms with van der Waals surface area (Å²) in [7, 11) is 0. The predicted molar refractivity (Wildman–Crippen MR) is 77.4 cm³/mol. The minimum atomic E-state index is 0.410. The van der Waals surface area contributed by atoms with Gasteiger partial charge in [-0.2, -0.15) is 0 Å². The molecule has 0 aliphatic heterocycles. The van der Waals surface area contributed by atoms with Crippen LogP contribution in [0, 0.1) is 5.92 Å². The first-order valence-electron chi connectivity index (χ1n) is 7.05. The van der Waals surface area contributed by atoms with E-state index in [4.69, 9.17) is 16.3 Å². The Morgan fingerprint density at radius 2 is 2.26 bits per heavy atom. The molecule has 4 nitrogen and oxygen atoms in total. The molecule has 1 aliphatic carbocycles. The molecule has 19 heavy (non-hydrogen) atoms. The Bertz CT molecular complexity index is 414. The lowest BCUT2D eigenvalue weighted by Gasteiger charge is -2.27. The summed E-state index contributed by atoms with van der Waals surface area (Å²) < 4.78 is 5.33. The van der Waals surface area contributed by atoms with Gasteiger partial charge < -0.3 is 10.1 Å². The van der Waals surface area contributed by atoms with E-state index < -0.39 is 0 Å². The molecule has 1 aromatic heterocycles. The van der Waals surface area contributed by atoms with Gasteiger partial charge in [0.25, 0.3) is 0 Å². The van der Waals surface area contributed by atoms with Gasteiger partial charge >= 0.3 is 0 Å². The summed E-state index contributed by atoms with van der Waals surface area (Å²) in [6.45, 7) is 5.32. The molecule has 0 amide bonds. The second-order valence-corrected chi connectivity index (χ2v) is 5.63. The molecule has 1 fully saturated rings. The molecule has 1 aromatic rings. The number of hydrogen-bond donors (Lipinski definition) is 1. The second-order valence-electron chi connectivity index (χ2n) is 5.24. The van der Waals surface area contributed by atoms with Gasteiger partial charge in [-0.15, -0.1) is 0 Å². The molecule has 2 unspecified atom stereocenters. The maximum atomic E-state index is 6.03. The van der Waals surface area contributed by atoms with Gasteiger partial charge in [0.15, 0.2) is 5.82 Å². The van der Waals surface area contributed by atoms with Crippen molar-refractivity contribution >= 4 is 17.4 Å². The zero-order valence-electron chi connectivity index (χ0n) is 11.7. The molecule has 106 valence electrons. The highest BCUT2D eigenvalue weighted by molar-refractivity contribution is 6.29. The zero-order valence-corrected chi connectivity index (χ0v) is 12.4. The van der Waals surface area contributed by atoms with Crippen LogP contribution >= 0.6 is 11.6 Å². The van der Waals surface area contributed by atoms with Crippen molar-refractivity contribution in [2.45, 2.75) is 52.2 Å². The quantitative estimate of drug-likeness (QED) is 0.838. The average Bonchev–Trinajstić information content (AvgIpc) is 2.35. The van der Waals surface area contributed by atoms with E-state index in [0.29, 0.717) is 30.2 Å². The summed E-state index contributed by atoms with van der Waals surface area (Å²) in [5.74, 6) is 2.24. The third-order valence-electron chi connectivity index (χ3n) is 3.46. The Balaban J connectivity index is 2.00. The third-order valence-corrected chi connectivity index (χ3v) is 3.66. The fraction of sp³-hybridized carbons (Fsp3) is 0.714. The van der Waals surface area contributed by atoms with Crippen LogP contribution < -0.4 is 5.32 Å². The minimum absolute atomic E-state index is 0.410. The van der Waals surface area contributed by atoms with Crippen molar-refractivity contribution < 1.29 is 4.74 Å². The molecular formula is C14H22ClN3O. The first-order chi connectivity index (χ1) is 9.17. The summed E-state index contributed by atoms with van der Waals surface area (Å²) in [5, 5.41) is 3.95. The van der Waals surface area contributed by atoms with Crippen molar-refractivity contribution in [3.63, 3.8) is 0 Å². The van der Waals surface area contributed by atoms with Crippen molar-refractivity contribution in [3.8, 4) is 0 Å². The van der Waals surface area contributed by atoms with Crippen LogP contribution in [-0.4, -0.2) is 22.6 Å². The van der Waals surface area contributed by atoms with Gasteiger partial charge in [-0.3, -0.25) is 0 Å². The number of nitrogens with one attached hydrogen (secondary N) is 1. The highest BCUT2D eigenvalue weighted by atomic mass is 35.5. The standard InChI is InChI=1S/C14H22ClN3O/c1-3-19-9-14-17-12(15)8-13(18-14)16-11-6-4-5-10(2)7-11/h8,10-11H,3-7,9H2,1-2H3,(H,16,17,18). The van der Waals surface area contributed by atoms with Crippen LogP contribution in [0.4, 0.5) is 5.82 Å².